The SMILES string of the molecule is CS(=O)(=O)c1ccc(S(=O)(=O)CCC2(O)CCNCC2)cc1. The van der Waals surface area contributed by atoms with Crippen LogP contribution in [0.5, 0.6) is 0 Å². The Morgan fingerprint density at radius 1 is 1.05 bits per heavy atom. The first-order chi connectivity index (χ1) is 10.1. The zero-order chi connectivity index (χ0) is 16.4. The molecule has 1 aliphatic rings. The van der Waals surface area contributed by atoms with Gasteiger partial charge in [0.05, 0.1) is 21.1 Å². The van der Waals surface area contributed by atoms with E-state index in [4.69, 9.17) is 0 Å². The average molecular weight is 347 g/mol. The van der Waals surface area contributed by atoms with Crippen molar-refractivity contribution in [1.82, 2.24) is 5.32 Å². The van der Waals surface area contributed by atoms with Crippen LogP contribution in [0.1, 0.15) is 19.3 Å². The smallest absolute Gasteiger partial charge is 0.178 e. The van der Waals surface area contributed by atoms with Crippen molar-refractivity contribution in [2.24, 2.45) is 0 Å². The molecule has 22 heavy (non-hydrogen) atoms. The second-order valence-electron chi connectivity index (χ2n) is 5.79. The number of rotatable bonds is 5. The van der Waals surface area contributed by atoms with Gasteiger partial charge in [-0.05, 0) is 56.6 Å². The van der Waals surface area contributed by atoms with Crippen LogP contribution in [0.3, 0.4) is 0 Å². The Kier molecular flexibility index (Phi) is 4.96. The molecule has 1 heterocycles. The third-order valence-electron chi connectivity index (χ3n) is 3.98. The van der Waals surface area contributed by atoms with Crippen LogP contribution in [-0.4, -0.2) is 52.6 Å². The fraction of sp³-hybridized carbons (Fsp3) is 0.571. The van der Waals surface area contributed by atoms with Crippen molar-refractivity contribution in [2.45, 2.75) is 34.7 Å². The number of benzene rings is 1. The molecule has 0 atom stereocenters. The van der Waals surface area contributed by atoms with Crippen LogP contribution in [0.2, 0.25) is 0 Å². The number of sulfone groups is 2. The number of hydrogen-bond donors (Lipinski definition) is 2. The zero-order valence-corrected chi connectivity index (χ0v) is 14.1. The van der Waals surface area contributed by atoms with Crippen LogP contribution in [0, 0.1) is 0 Å². The Morgan fingerprint density at radius 3 is 2.05 bits per heavy atom. The van der Waals surface area contributed by atoms with E-state index in [9.17, 15) is 21.9 Å². The van der Waals surface area contributed by atoms with E-state index in [1.165, 1.54) is 24.3 Å². The lowest BCUT2D eigenvalue weighted by Gasteiger charge is -2.32. The van der Waals surface area contributed by atoms with Crippen molar-refractivity contribution in [3.05, 3.63) is 24.3 Å². The van der Waals surface area contributed by atoms with Gasteiger partial charge in [-0.3, -0.25) is 0 Å². The van der Waals surface area contributed by atoms with Gasteiger partial charge in [-0.25, -0.2) is 16.8 Å². The van der Waals surface area contributed by atoms with Gasteiger partial charge < -0.3 is 10.4 Å². The first-order valence-electron chi connectivity index (χ1n) is 7.08. The number of nitrogens with one attached hydrogen (secondary N) is 1. The van der Waals surface area contributed by atoms with E-state index in [1.807, 2.05) is 0 Å². The molecule has 0 spiro atoms. The lowest BCUT2D eigenvalue weighted by molar-refractivity contribution is 0.00768. The molecule has 1 saturated heterocycles. The number of aliphatic hydroxyl groups is 1. The van der Waals surface area contributed by atoms with Gasteiger partial charge in [-0.1, -0.05) is 0 Å². The number of hydrogen-bond acceptors (Lipinski definition) is 6. The summed E-state index contributed by atoms with van der Waals surface area (Å²) in [6, 6.07) is 5.19. The maximum atomic E-state index is 12.3. The molecular formula is C14H21NO5S2. The standard InChI is InChI=1S/C14H21NO5S2/c1-21(17,18)12-2-4-13(5-3-12)22(19,20)11-8-14(16)6-9-15-10-7-14/h2-5,15-16H,6-11H2,1H3. The predicted octanol–water partition coefficient (Wildman–Crippen LogP) is 0.368. The van der Waals surface area contributed by atoms with Crippen molar-refractivity contribution in [2.75, 3.05) is 25.1 Å². The minimum absolute atomic E-state index is 0.0810. The Balaban J connectivity index is 2.10. The number of piperidine rings is 1. The van der Waals surface area contributed by atoms with Crippen molar-refractivity contribution in [3.8, 4) is 0 Å². The molecule has 1 fully saturated rings. The molecule has 1 aliphatic heterocycles. The molecule has 1 aromatic rings. The van der Waals surface area contributed by atoms with E-state index in [2.05, 4.69) is 5.32 Å². The lowest BCUT2D eigenvalue weighted by atomic mass is 9.90. The fourth-order valence-electron chi connectivity index (χ4n) is 2.48. The topological polar surface area (TPSA) is 101 Å². The first-order valence-corrected chi connectivity index (χ1v) is 10.6. The molecule has 0 aromatic heterocycles. The second-order valence-corrected chi connectivity index (χ2v) is 9.91. The first kappa shape index (κ1) is 17.4. The molecule has 0 saturated carbocycles. The average Bonchev–Trinajstić information content (AvgIpc) is 2.46. The molecule has 6 nitrogen and oxygen atoms in total. The Hall–Kier alpha value is -0.960. The molecule has 0 bridgehead atoms. The summed E-state index contributed by atoms with van der Waals surface area (Å²) < 4.78 is 47.4. The van der Waals surface area contributed by atoms with E-state index in [0.717, 1.165) is 6.26 Å². The Labute approximate surface area is 131 Å². The van der Waals surface area contributed by atoms with E-state index in [-0.39, 0.29) is 22.0 Å². The van der Waals surface area contributed by atoms with Gasteiger partial charge >= 0.3 is 0 Å². The van der Waals surface area contributed by atoms with Gasteiger partial charge in [-0.15, -0.1) is 0 Å². The molecule has 8 heteroatoms. The van der Waals surface area contributed by atoms with Gasteiger partial charge in [0.1, 0.15) is 0 Å². The van der Waals surface area contributed by atoms with Crippen LogP contribution in [0.25, 0.3) is 0 Å². The van der Waals surface area contributed by atoms with Crippen LogP contribution in [0.15, 0.2) is 34.1 Å². The van der Waals surface area contributed by atoms with Gasteiger partial charge in [-0.2, -0.15) is 0 Å². The minimum atomic E-state index is -3.54. The normalized spacial score (nSPS) is 19.0. The van der Waals surface area contributed by atoms with E-state index in [1.54, 1.807) is 0 Å². The van der Waals surface area contributed by atoms with Gasteiger partial charge in [0.2, 0.25) is 0 Å². The van der Waals surface area contributed by atoms with Crippen molar-refractivity contribution in [1.29, 1.82) is 0 Å². The fourth-order valence-corrected chi connectivity index (χ4v) is 4.54. The van der Waals surface area contributed by atoms with Crippen molar-refractivity contribution in [3.63, 3.8) is 0 Å². The van der Waals surface area contributed by atoms with Gasteiger partial charge in [0.15, 0.2) is 19.7 Å². The molecule has 0 unspecified atom stereocenters. The van der Waals surface area contributed by atoms with Crippen LogP contribution < -0.4 is 5.32 Å². The summed E-state index contributed by atoms with van der Waals surface area (Å²) in [6.45, 7) is 1.36. The minimum Gasteiger partial charge on any atom is -0.390 e. The second kappa shape index (κ2) is 6.27. The molecule has 2 rings (SSSR count). The highest BCUT2D eigenvalue weighted by Gasteiger charge is 2.31. The molecular weight excluding hydrogens is 326 g/mol. The highest BCUT2D eigenvalue weighted by atomic mass is 32.2. The van der Waals surface area contributed by atoms with Gasteiger partial charge in [0, 0.05) is 6.26 Å². The van der Waals surface area contributed by atoms with E-state index >= 15 is 0 Å². The highest BCUT2D eigenvalue weighted by Crippen LogP contribution is 2.25. The molecule has 1 aromatic carbocycles. The largest absolute Gasteiger partial charge is 0.390 e. The summed E-state index contributed by atoms with van der Waals surface area (Å²) in [7, 11) is -6.88. The van der Waals surface area contributed by atoms with E-state index in [0.29, 0.717) is 25.9 Å². The van der Waals surface area contributed by atoms with E-state index < -0.39 is 25.3 Å². The summed E-state index contributed by atoms with van der Waals surface area (Å²) in [5.41, 5.74) is -0.939. The maximum absolute atomic E-state index is 12.3. The molecule has 0 aliphatic carbocycles. The van der Waals surface area contributed by atoms with Crippen molar-refractivity contribution < 1.29 is 21.9 Å². The molecule has 124 valence electrons. The lowest BCUT2D eigenvalue weighted by Crippen LogP contribution is -2.42. The maximum Gasteiger partial charge on any atom is 0.178 e. The van der Waals surface area contributed by atoms with Crippen LogP contribution >= 0.6 is 0 Å². The summed E-state index contributed by atoms with van der Waals surface area (Å²) in [4.78, 5) is 0.167. The Morgan fingerprint density at radius 2 is 1.55 bits per heavy atom. The Bertz CT molecular complexity index is 717. The summed E-state index contributed by atoms with van der Waals surface area (Å²) in [5.74, 6) is -0.151. The zero-order valence-electron chi connectivity index (χ0n) is 12.4. The molecule has 2 N–H and O–H groups in total. The monoisotopic (exact) mass is 347 g/mol. The summed E-state index contributed by atoms with van der Waals surface area (Å²) >= 11 is 0. The molecule has 0 radical (unpaired) electrons. The third-order valence-corrected chi connectivity index (χ3v) is 6.84. The van der Waals surface area contributed by atoms with Crippen LogP contribution in [0.4, 0.5) is 0 Å². The summed E-state index contributed by atoms with van der Waals surface area (Å²) in [5, 5.41) is 13.5. The summed E-state index contributed by atoms with van der Waals surface area (Å²) in [6.07, 6.45) is 2.33. The quantitative estimate of drug-likeness (QED) is 0.798. The third kappa shape index (κ3) is 4.28. The highest BCUT2D eigenvalue weighted by molar-refractivity contribution is 7.91. The van der Waals surface area contributed by atoms with Crippen LogP contribution in [-0.2, 0) is 19.7 Å². The van der Waals surface area contributed by atoms with Gasteiger partial charge in [0.25, 0.3) is 0 Å². The molecule has 0 amide bonds. The predicted molar refractivity (Wildman–Crippen MR) is 83.3 cm³/mol. The van der Waals surface area contributed by atoms with Crippen molar-refractivity contribution >= 4 is 19.7 Å².